The highest BCUT2D eigenvalue weighted by Gasteiger charge is 2.29. The normalized spacial score (nSPS) is 20.4. The first-order valence-corrected chi connectivity index (χ1v) is 8.13. The first kappa shape index (κ1) is 16.0. The van der Waals surface area contributed by atoms with Gasteiger partial charge in [0.1, 0.15) is 0 Å². The van der Waals surface area contributed by atoms with E-state index in [4.69, 9.17) is 4.74 Å². The van der Waals surface area contributed by atoms with Gasteiger partial charge in [0.15, 0.2) is 5.82 Å². The van der Waals surface area contributed by atoms with Gasteiger partial charge in [0, 0.05) is 50.5 Å². The number of hydrogen-bond donors (Lipinski definition) is 1. The quantitative estimate of drug-likeness (QED) is 0.915. The molecule has 6 nitrogen and oxygen atoms in total. The molecule has 0 saturated carbocycles. The Bertz CT molecular complexity index is 561. The lowest BCUT2D eigenvalue weighted by atomic mass is 10.0. The van der Waals surface area contributed by atoms with E-state index in [-0.39, 0.29) is 17.7 Å². The topological polar surface area (TPSA) is 57.7 Å². The Morgan fingerprint density at radius 1 is 1.39 bits per heavy atom. The van der Waals surface area contributed by atoms with Crippen molar-refractivity contribution in [2.45, 2.75) is 31.8 Å². The maximum Gasteiger partial charge on any atom is 0.317 e. The van der Waals surface area contributed by atoms with Crippen molar-refractivity contribution in [2.24, 2.45) is 0 Å². The van der Waals surface area contributed by atoms with Gasteiger partial charge in [0.2, 0.25) is 5.88 Å². The summed E-state index contributed by atoms with van der Waals surface area (Å²) >= 11 is 0. The number of pyridine rings is 1. The summed E-state index contributed by atoms with van der Waals surface area (Å²) in [6.45, 7) is 3.88. The number of urea groups is 1. The van der Waals surface area contributed by atoms with E-state index in [1.165, 1.54) is 7.11 Å². The Balaban J connectivity index is 1.56. The predicted molar refractivity (Wildman–Crippen MR) is 83.8 cm³/mol. The number of carbonyl (C=O) groups excluding carboxylic acids is 1. The molecule has 0 atom stereocenters. The lowest BCUT2D eigenvalue weighted by Gasteiger charge is -2.40. The van der Waals surface area contributed by atoms with Crippen LogP contribution in [0.15, 0.2) is 12.3 Å². The molecule has 2 aliphatic rings. The third-order valence-electron chi connectivity index (χ3n) is 4.64. The fraction of sp³-hybridized carbons (Fsp3) is 0.625. The molecule has 0 aliphatic carbocycles. The van der Waals surface area contributed by atoms with Gasteiger partial charge in [-0.2, -0.15) is 0 Å². The van der Waals surface area contributed by atoms with E-state index >= 15 is 0 Å². The van der Waals surface area contributed by atoms with Crippen LogP contribution >= 0.6 is 0 Å². The number of aromatic nitrogens is 1. The van der Waals surface area contributed by atoms with Crippen LogP contribution < -0.4 is 10.1 Å². The minimum atomic E-state index is -0.382. The molecule has 1 aromatic heterocycles. The van der Waals surface area contributed by atoms with Gasteiger partial charge < -0.3 is 15.0 Å². The Morgan fingerprint density at radius 3 is 2.87 bits per heavy atom. The van der Waals surface area contributed by atoms with Crippen molar-refractivity contribution in [3.8, 4) is 5.88 Å². The number of hydrogen-bond acceptors (Lipinski definition) is 4. The maximum atomic E-state index is 14.2. The molecule has 0 radical (unpaired) electrons. The van der Waals surface area contributed by atoms with E-state index in [1.807, 2.05) is 4.90 Å². The molecule has 1 N–H and O–H groups in total. The first-order valence-electron chi connectivity index (χ1n) is 8.13. The third-order valence-corrected chi connectivity index (χ3v) is 4.64. The van der Waals surface area contributed by atoms with Crippen molar-refractivity contribution >= 4 is 6.03 Å². The number of ether oxygens (including phenoxy) is 1. The Hall–Kier alpha value is -1.89. The van der Waals surface area contributed by atoms with E-state index in [0.29, 0.717) is 18.2 Å². The van der Waals surface area contributed by atoms with E-state index in [9.17, 15) is 9.18 Å². The number of halogens is 1. The minimum absolute atomic E-state index is 0.0439. The third kappa shape index (κ3) is 3.55. The molecule has 1 aromatic rings. The lowest BCUT2D eigenvalue weighted by Crippen LogP contribution is -2.54. The second kappa shape index (κ2) is 7.12. The van der Waals surface area contributed by atoms with Crippen molar-refractivity contribution in [1.29, 1.82) is 0 Å². The van der Waals surface area contributed by atoms with Crippen LogP contribution in [0.25, 0.3) is 0 Å². The summed E-state index contributed by atoms with van der Waals surface area (Å²) in [5, 5.41) is 2.90. The van der Waals surface area contributed by atoms with Crippen LogP contribution in [-0.2, 0) is 6.54 Å². The van der Waals surface area contributed by atoms with Crippen LogP contribution in [0.4, 0.5) is 9.18 Å². The fourth-order valence-electron chi connectivity index (χ4n) is 3.35. The summed E-state index contributed by atoms with van der Waals surface area (Å²) in [7, 11) is 1.42. The maximum absolute atomic E-state index is 14.2. The number of nitrogens with zero attached hydrogens (tertiary/aromatic N) is 3. The zero-order valence-corrected chi connectivity index (χ0v) is 13.4. The molecule has 2 saturated heterocycles. The smallest absolute Gasteiger partial charge is 0.317 e. The minimum Gasteiger partial charge on any atom is -0.479 e. The Labute approximate surface area is 135 Å². The van der Waals surface area contributed by atoms with E-state index < -0.39 is 0 Å². The monoisotopic (exact) mass is 322 g/mol. The van der Waals surface area contributed by atoms with Crippen molar-refractivity contribution in [1.82, 2.24) is 20.1 Å². The van der Waals surface area contributed by atoms with Gasteiger partial charge in [-0.3, -0.25) is 4.90 Å². The number of amides is 2. The molecule has 0 aromatic carbocycles. The summed E-state index contributed by atoms with van der Waals surface area (Å²) in [5.41, 5.74) is 0.603. The molecule has 126 valence electrons. The average Bonchev–Trinajstić information content (AvgIpc) is 2.58. The molecule has 23 heavy (non-hydrogen) atoms. The number of methoxy groups -OCH3 is 1. The van der Waals surface area contributed by atoms with Crippen LogP contribution in [0.5, 0.6) is 5.88 Å². The zero-order valence-electron chi connectivity index (χ0n) is 13.4. The van der Waals surface area contributed by atoms with E-state index in [2.05, 4.69) is 15.2 Å². The standard InChI is InChI=1S/C16H23FN4O2/c1-23-15-14(17)12(3-7-18-15)11-20-9-4-13(5-10-20)21-8-2-6-19-16(21)22/h3,7,13H,2,4-6,8-11H2,1H3,(H,19,22). The molecule has 2 fully saturated rings. The van der Waals surface area contributed by atoms with Gasteiger partial charge in [-0.05, 0) is 25.3 Å². The predicted octanol–water partition coefficient (Wildman–Crippen LogP) is 1.61. The first-order chi connectivity index (χ1) is 11.2. The molecule has 0 bridgehead atoms. The van der Waals surface area contributed by atoms with Gasteiger partial charge in [-0.1, -0.05) is 0 Å². The summed E-state index contributed by atoms with van der Waals surface area (Å²) in [4.78, 5) is 20.0. The van der Waals surface area contributed by atoms with E-state index in [1.54, 1.807) is 12.3 Å². The highest BCUT2D eigenvalue weighted by molar-refractivity contribution is 5.75. The highest BCUT2D eigenvalue weighted by Crippen LogP contribution is 2.22. The van der Waals surface area contributed by atoms with Gasteiger partial charge in [-0.15, -0.1) is 0 Å². The van der Waals surface area contributed by atoms with Crippen molar-refractivity contribution < 1.29 is 13.9 Å². The highest BCUT2D eigenvalue weighted by atomic mass is 19.1. The molecule has 0 spiro atoms. The molecule has 3 heterocycles. The summed E-state index contributed by atoms with van der Waals surface area (Å²) in [5.74, 6) is -0.338. The zero-order chi connectivity index (χ0) is 16.2. The summed E-state index contributed by atoms with van der Waals surface area (Å²) in [6.07, 6.45) is 4.44. The lowest BCUT2D eigenvalue weighted by molar-refractivity contribution is 0.108. The molecular formula is C16H23FN4O2. The van der Waals surface area contributed by atoms with Gasteiger partial charge in [0.25, 0.3) is 0 Å². The molecule has 3 rings (SSSR count). The molecule has 2 aliphatic heterocycles. The second-order valence-corrected chi connectivity index (χ2v) is 6.08. The van der Waals surface area contributed by atoms with Crippen molar-refractivity contribution in [2.75, 3.05) is 33.3 Å². The van der Waals surface area contributed by atoms with Crippen LogP contribution in [0.1, 0.15) is 24.8 Å². The molecule has 0 unspecified atom stereocenters. The Kier molecular flexibility index (Phi) is 4.95. The number of carbonyl (C=O) groups is 1. The molecule has 2 amide bonds. The van der Waals surface area contributed by atoms with Crippen molar-refractivity contribution in [3.63, 3.8) is 0 Å². The molecular weight excluding hydrogens is 299 g/mol. The van der Waals surface area contributed by atoms with Gasteiger partial charge in [0.05, 0.1) is 7.11 Å². The van der Waals surface area contributed by atoms with Crippen LogP contribution in [0.3, 0.4) is 0 Å². The van der Waals surface area contributed by atoms with E-state index in [0.717, 1.165) is 45.4 Å². The largest absolute Gasteiger partial charge is 0.479 e. The van der Waals surface area contributed by atoms with Crippen molar-refractivity contribution in [3.05, 3.63) is 23.6 Å². The second-order valence-electron chi connectivity index (χ2n) is 6.08. The number of likely N-dealkylation sites (tertiary alicyclic amines) is 1. The van der Waals surface area contributed by atoms with Gasteiger partial charge >= 0.3 is 6.03 Å². The summed E-state index contributed by atoms with van der Waals surface area (Å²) < 4.78 is 19.1. The fourth-order valence-corrected chi connectivity index (χ4v) is 3.35. The number of rotatable bonds is 4. The van der Waals surface area contributed by atoms with Crippen LogP contribution in [0.2, 0.25) is 0 Å². The SMILES string of the molecule is COc1nccc(CN2CCC(N3CCCNC3=O)CC2)c1F. The average molecular weight is 322 g/mol. The number of piperidine rings is 1. The molecule has 7 heteroatoms. The summed E-state index contributed by atoms with van der Waals surface area (Å²) in [6, 6.07) is 2.05. The van der Waals surface area contributed by atoms with Gasteiger partial charge in [-0.25, -0.2) is 14.2 Å². The van der Waals surface area contributed by atoms with Crippen LogP contribution in [-0.4, -0.2) is 60.1 Å². The Morgan fingerprint density at radius 2 is 2.17 bits per heavy atom. The van der Waals surface area contributed by atoms with Crippen LogP contribution in [0, 0.1) is 5.82 Å². The number of nitrogens with one attached hydrogen (secondary N) is 1.